The minimum atomic E-state index is 0.0592. The third-order valence-corrected chi connectivity index (χ3v) is 5.79. The molecule has 1 aromatic rings. The summed E-state index contributed by atoms with van der Waals surface area (Å²) < 4.78 is 5.68. The molecule has 0 radical (unpaired) electrons. The van der Waals surface area contributed by atoms with Gasteiger partial charge in [0.25, 0.3) is 0 Å². The number of carbonyl (C=O) groups is 1. The summed E-state index contributed by atoms with van der Waals surface area (Å²) in [6, 6.07) is 3.89. The molecule has 2 aliphatic rings. The number of ether oxygens (including phenoxy) is 1. The number of aromatic nitrogens is 1. The third-order valence-electron chi connectivity index (χ3n) is 5.79. The number of pyridine rings is 1. The first-order valence-corrected chi connectivity index (χ1v) is 9.95. The summed E-state index contributed by atoms with van der Waals surface area (Å²) in [4.78, 5) is 23.6. The van der Waals surface area contributed by atoms with Crippen LogP contribution in [0.4, 0.5) is 4.79 Å². The molecule has 1 N–H and O–H groups in total. The number of amides is 2. The first-order chi connectivity index (χ1) is 13.0. The van der Waals surface area contributed by atoms with E-state index >= 15 is 0 Å². The van der Waals surface area contributed by atoms with Gasteiger partial charge in [0.1, 0.15) is 6.61 Å². The Morgan fingerprint density at radius 2 is 2.07 bits per heavy atom. The van der Waals surface area contributed by atoms with E-state index in [1.54, 1.807) is 6.20 Å². The Morgan fingerprint density at radius 1 is 1.30 bits per heavy atom. The van der Waals surface area contributed by atoms with Crippen LogP contribution in [0.25, 0.3) is 0 Å². The largest absolute Gasteiger partial charge is 0.476 e. The number of nitrogens with zero attached hydrogens (tertiary/aromatic N) is 4. The summed E-state index contributed by atoms with van der Waals surface area (Å²) in [5.41, 5.74) is 1.07. The quantitative estimate of drug-likeness (QED) is 0.821. The fraction of sp³-hybridized carbons (Fsp3) is 0.700. The summed E-state index contributed by atoms with van der Waals surface area (Å²) >= 11 is 0. The Kier molecular flexibility index (Phi) is 6.55. The number of nitrogens with one attached hydrogen (secondary N) is 1. The van der Waals surface area contributed by atoms with Crippen LogP contribution in [0.3, 0.4) is 0 Å². The van der Waals surface area contributed by atoms with Crippen LogP contribution in [0.2, 0.25) is 0 Å². The molecule has 7 heteroatoms. The smallest absolute Gasteiger partial charge is 0.318 e. The average molecular weight is 376 g/mol. The summed E-state index contributed by atoms with van der Waals surface area (Å²) in [6.45, 7) is 4.95. The predicted molar refractivity (Wildman–Crippen MR) is 106 cm³/mol. The van der Waals surface area contributed by atoms with E-state index in [2.05, 4.69) is 32.0 Å². The van der Waals surface area contributed by atoms with E-state index in [4.69, 9.17) is 4.74 Å². The SMILES string of the molecule is CN(C)CCOc1cc(CNC(=O)N2CCCC23CCN(C)CC3)ccn1. The van der Waals surface area contributed by atoms with E-state index in [-0.39, 0.29) is 11.6 Å². The number of hydrogen-bond donors (Lipinski definition) is 1. The Balaban J connectivity index is 1.53. The van der Waals surface area contributed by atoms with E-state index in [9.17, 15) is 4.79 Å². The lowest BCUT2D eigenvalue weighted by molar-refractivity contribution is 0.0828. The number of rotatable bonds is 6. The Labute approximate surface area is 162 Å². The molecule has 150 valence electrons. The van der Waals surface area contributed by atoms with Crippen LogP contribution >= 0.6 is 0 Å². The molecule has 1 aromatic heterocycles. The van der Waals surface area contributed by atoms with Crippen molar-refractivity contribution in [1.29, 1.82) is 0 Å². The molecule has 0 bridgehead atoms. The monoisotopic (exact) mass is 375 g/mol. The second-order valence-electron chi connectivity index (χ2n) is 8.10. The van der Waals surface area contributed by atoms with E-state index in [0.29, 0.717) is 19.0 Å². The molecule has 27 heavy (non-hydrogen) atoms. The highest BCUT2D eigenvalue weighted by atomic mass is 16.5. The predicted octanol–water partition coefficient (Wildman–Crippen LogP) is 1.79. The lowest BCUT2D eigenvalue weighted by Gasteiger charge is -2.44. The average Bonchev–Trinajstić information content (AvgIpc) is 3.06. The fourth-order valence-corrected chi connectivity index (χ4v) is 4.06. The van der Waals surface area contributed by atoms with Gasteiger partial charge >= 0.3 is 6.03 Å². The summed E-state index contributed by atoms with van der Waals surface area (Å²) in [6.07, 6.45) is 6.14. The summed E-state index contributed by atoms with van der Waals surface area (Å²) in [5.74, 6) is 0.608. The zero-order valence-electron chi connectivity index (χ0n) is 16.9. The van der Waals surface area contributed by atoms with Crippen molar-refractivity contribution in [2.24, 2.45) is 0 Å². The van der Waals surface area contributed by atoms with Crippen LogP contribution < -0.4 is 10.1 Å². The number of carbonyl (C=O) groups excluding carboxylic acids is 1. The standard InChI is InChI=1S/C20H33N5O2/c1-23(2)13-14-27-18-15-17(5-9-21-18)16-22-19(26)25-10-4-6-20(25)7-11-24(3)12-8-20/h5,9,15H,4,6-8,10-14,16H2,1-3H3,(H,22,26). The molecule has 3 rings (SSSR count). The number of piperidine rings is 1. The molecular weight excluding hydrogens is 342 g/mol. The van der Waals surface area contributed by atoms with Gasteiger partial charge in [-0.05, 0) is 58.5 Å². The van der Waals surface area contributed by atoms with Crippen molar-refractivity contribution in [3.63, 3.8) is 0 Å². The molecule has 2 aliphatic heterocycles. The summed E-state index contributed by atoms with van der Waals surface area (Å²) in [7, 11) is 6.18. The molecule has 3 heterocycles. The molecule has 2 fully saturated rings. The first kappa shape index (κ1) is 19.9. The highest BCUT2D eigenvalue weighted by Gasteiger charge is 2.44. The molecule has 0 aromatic carbocycles. The maximum absolute atomic E-state index is 12.9. The molecule has 2 saturated heterocycles. The second kappa shape index (κ2) is 8.89. The minimum absolute atomic E-state index is 0.0592. The molecule has 0 atom stereocenters. The van der Waals surface area contributed by atoms with Gasteiger partial charge in [0.2, 0.25) is 5.88 Å². The van der Waals surface area contributed by atoms with Crippen LogP contribution in [0.5, 0.6) is 5.88 Å². The number of urea groups is 1. The van der Waals surface area contributed by atoms with Crippen molar-refractivity contribution < 1.29 is 9.53 Å². The third kappa shape index (κ3) is 5.11. The van der Waals surface area contributed by atoms with Gasteiger partial charge in [-0.25, -0.2) is 9.78 Å². The highest BCUT2D eigenvalue weighted by Crippen LogP contribution is 2.38. The van der Waals surface area contributed by atoms with Crippen molar-refractivity contribution in [1.82, 2.24) is 25.0 Å². The van der Waals surface area contributed by atoms with Crippen molar-refractivity contribution in [2.75, 3.05) is 53.9 Å². The van der Waals surface area contributed by atoms with Crippen molar-refractivity contribution >= 4 is 6.03 Å². The molecule has 0 aliphatic carbocycles. The van der Waals surface area contributed by atoms with Crippen LogP contribution in [-0.4, -0.2) is 85.2 Å². The molecule has 0 unspecified atom stereocenters. The Hall–Kier alpha value is -1.86. The summed E-state index contributed by atoms with van der Waals surface area (Å²) in [5, 5.41) is 3.11. The first-order valence-electron chi connectivity index (χ1n) is 9.95. The topological polar surface area (TPSA) is 60.9 Å². The van der Waals surface area contributed by atoms with Crippen LogP contribution in [-0.2, 0) is 6.54 Å². The van der Waals surface area contributed by atoms with Gasteiger partial charge in [0.15, 0.2) is 0 Å². The maximum atomic E-state index is 12.9. The van der Waals surface area contributed by atoms with E-state index < -0.39 is 0 Å². The Bertz CT molecular complexity index is 629. The highest BCUT2D eigenvalue weighted by molar-refractivity contribution is 5.75. The minimum Gasteiger partial charge on any atom is -0.476 e. The van der Waals surface area contributed by atoms with Gasteiger partial charge in [0.05, 0.1) is 0 Å². The van der Waals surface area contributed by atoms with Crippen molar-refractivity contribution in [3.05, 3.63) is 23.9 Å². The lowest BCUT2D eigenvalue weighted by Crippen LogP contribution is -2.55. The van der Waals surface area contributed by atoms with E-state index in [1.807, 2.05) is 26.2 Å². The van der Waals surface area contributed by atoms with Crippen molar-refractivity contribution in [3.8, 4) is 5.88 Å². The van der Waals surface area contributed by atoms with Gasteiger partial charge in [0, 0.05) is 50.5 Å². The molecule has 2 amide bonds. The van der Waals surface area contributed by atoms with Crippen LogP contribution in [0.1, 0.15) is 31.2 Å². The maximum Gasteiger partial charge on any atom is 0.318 e. The zero-order chi connectivity index (χ0) is 19.3. The molecule has 0 saturated carbocycles. The van der Waals surface area contributed by atoms with Crippen LogP contribution in [0, 0.1) is 0 Å². The molecule has 1 spiro atoms. The molecular formula is C20H33N5O2. The molecule has 7 nitrogen and oxygen atoms in total. The Morgan fingerprint density at radius 3 is 2.81 bits per heavy atom. The number of likely N-dealkylation sites (tertiary alicyclic amines) is 2. The van der Waals surface area contributed by atoms with E-state index in [1.165, 1.54) is 0 Å². The van der Waals surface area contributed by atoms with Gasteiger partial charge in [-0.1, -0.05) is 0 Å². The van der Waals surface area contributed by atoms with Gasteiger partial charge in [-0.2, -0.15) is 0 Å². The fourth-order valence-electron chi connectivity index (χ4n) is 4.06. The zero-order valence-corrected chi connectivity index (χ0v) is 16.9. The lowest BCUT2D eigenvalue weighted by atomic mass is 9.85. The van der Waals surface area contributed by atoms with Crippen molar-refractivity contribution in [2.45, 2.75) is 37.8 Å². The normalized spacial score (nSPS) is 19.6. The van der Waals surface area contributed by atoms with Gasteiger partial charge < -0.3 is 24.8 Å². The van der Waals surface area contributed by atoms with Crippen LogP contribution in [0.15, 0.2) is 18.3 Å². The van der Waals surface area contributed by atoms with Gasteiger partial charge in [-0.15, -0.1) is 0 Å². The second-order valence-corrected chi connectivity index (χ2v) is 8.10. The van der Waals surface area contributed by atoms with Gasteiger partial charge in [-0.3, -0.25) is 0 Å². The number of hydrogen-bond acceptors (Lipinski definition) is 5. The van der Waals surface area contributed by atoms with E-state index in [0.717, 1.165) is 57.4 Å². The number of likely N-dealkylation sites (N-methyl/N-ethyl adjacent to an activating group) is 1.